The fourth-order valence-electron chi connectivity index (χ4n) is 4.12. The van der Waals surface area contributed by atoms with Crippen LogP contribution in [-0.2, 0) is 22.7 Å². The molecule has 9 nitrogen and oxygen atoms in total. The molecule has 2 aliphatic rings. The lowest BCUT2D eigenvalue weighted by molar-refractivity contribution is -0.108. The Morgan fingerprint density at radius 3 is 2.91 bits per heavy atom. The number of carbonyl (C=O) groups is 3. The van der Waals surface area contributed by atoms with Crippen molar-refractivity contribution in [3.8, 4) is 5.75 Å². The van der Waals surface area contributed by atoms with Crippen LogP contribution in [0.5, 0.6) is 5.75 Å². The number of hydrogen-bond acceptors (Lipinski definition) is 6. The molecule has 1 aromatic carbocycles. The van der Waals surface area contributed by atoms with Crippen LogP contribution in [0.4, 0.5) is 4.79 Å². The highest BCUT2D eigenvalue weighted by Gasteiger charge is 2.42. The van der Waals surface area contributed by atoms with Crippen LogP contribution >= 0.6 is 11.6 Å². The van der Waals surface area contributed by atoms with E-state index in [1.807, 2.05) is 13.0 Å². The lowest BCUT2D eigenvalue weighted by Crippen LogP contribution is -2.59. The number of aromatic nitrogens is 1. The summed E-state index contributed by atoms with van der Waals surface area (Å²) in [6.07, 6.45) is 4.12. The minimum Gasteiger partial charge on any atom is -0.497 e. The van der Waals surface area contributed by atoms with Crippen LogP contribution in [0.3, 0.4) is 0 Å². The maximum atomic E-state index is 13.2. The summed E-state index contributed by atoms with van der Waals surface area (Å²) in [7, 11) is 1.54. The zero-order valence-electron chi connectivity index (χ0n) is 18.2. The summed E-state index contributed by atoms with van der Waals surface area (Å²) in [5.41, 5.74) is 1.99. The molecule has 10 heteroatoms. The van der Waals surface area contributed by atoms with E-state index >= 15 is 0 Å². The first-order valence-electron chi connectivity index (χ1n) is 10.4. The number of carbonyl (C=O) groups excluding carboxylic acids is 3. The molecule has 2 aromatic rings. The van der Waals surface area contributed by atoms with Gasteiger partial charge in [-0.15, -0.1) is 0 Å². The molecule has 0 unspecified atom stereocenters. The number of fused-ring (bicyclic) bond motifs is 2. The second-order valence-corrected chi connectivity index (χ2v) is 8.23. The van der Waals surface area contributed by atoms with Crippen LogP contribution in [0.15, 0.2) is 36.2 Å². The Kier molecular flexibility index (Phi) is 6.24. The van der Waals surface area contributed by atoms with E-state index < -0.39 is 11.6 Å². The first-order chi connectivity index (χ1) is 15.9. The Morgan fingerprint density at radius 1 is 1.36 bits per heavy atom. The lowest BCUT2D eigenvalue weighted by atomic mass is 9.89. The number of rotatable bonds is 7. The normalized spacial score (nSPS) is 16.0. The largest absolute Gasteiger partial charge is 0.497 e. The first-order valence-corrected chi connectivity index (χ1v) is 10.7. The van der Waals surface area contributed by atoms with Gasteiger partial charge in [0.05, 0.1) is 13.7 Å². The number of urea groups is 1. The first kappa shape index (κ1) is 22.6. The molecule has 2 N–H and O–H groups in total. The Labute approximate surface area is 195 Å². The topological polar surface area (TPSA) is 110 Å². The SMILES string of the molecule is CC[C@@](CN1Cc2ccc(OC)cc2C1=O)(NC(=O)NC=O)C1=Cc2cc(Cl)ncc2CO1. The Bertz CT molecular complexity index is 1150. The molecule has 0 aliphatic carbocycles. The molecular formula is C23H23ClN4O5. The number of hydrogen-bond donors (Lipinski definition) is 2. The van der Waals surface area contributed by atoms with Crippen molar-refractivity contribution in [2.75, 3.05) is 13.7 Å². The van der Waals surface area contributed by atoms with Crippen molar-refractivity contribution < 1.29 is 23.9 Å². The minimum atomic E-state index is -1.09. The van der Waals surface area contributed by atoms with E-state index in [0.717, 1.165) is 16.7 Å². The van der Waals surface area contributed by atoms with Gasteiger partial charge < -0.3 is 19.7 Å². The number of halogens is 1. The van der Waals surface area contributed by atoms with Gasteiger partial charge in [-0.2, -0.15) is 0 Å². The molecule has 4 amide bonds. The number of methoxy groups -OCH3 is 1. The van der Waals surface area contributed by atoms with Crippen LogP contribution in [-0.4, -0.2) is 47.4 Å². The number of imide groups is 1. The predicted octanol–water partition coefficient (Wildman–Crippen LogP) is 2.88. The summed E-state index contributed by atoms with van der Waals surface area (Å²) < 4.78 is 11.3. The minimum absolute atomic E-state index is 0.131. The van der Waals surface area contributed by atoms with Gasteiger partial charge in [0.25, 0.3) is 5.91 Å². The van der Waals surface area contributed by atoms with Crippen molar-refractivity contribution in [1.29, 1.82) is 0 Å². The summed E-state index contributed by atoms with van der Waals surface area (Å²) in [6, 6.07) is 6.39. The number of amides is 4. The summed E-state index contributed by atoms with van der Waals surface area (Å²) in [6.45, 7) is 2.61. The van der Waals surface area contributed by atoms with Gasteiger partial charge in [0.1, 0.15) is 28.8 Å². The van der Waals surface area contributed by atoms with Crippen molar-refractivity contribution in [3.05, 3.63) is 63.6 Å². The van der Waals surface area contributed by atoms with Crippen molar-refractivity contribution in [3.63, 3.8) is 0 Å². The average molecular weight is 471 g/mol. The molecule has 0 radical (unpaired) electrons. The molecule has 0 fully saturated rings. The van der Waals surface area contributed by atoms with Crippen molar-refractivity contribution in [2.45, 2.75) is 32.0 Å². The maximum absolute atomic E-state index is 13.2. The van der Waals surface area contributed by atoms with Crippen molar-refractivity contribution in [1.82, 2.24) is 20.5 Å². The highest BCUT2D eigenvalue weighted by Crippen LogP contribution is 2.35. The van der Waals surface area contributed by atoms with Crippen LogP contribution in [0, 0.1) is 0 Å². The quantitative estimate of drug-likeness (QED) is 0.475. The number of nitrogens with zero attached hydrogens (tertiary/aromatic N) is 2. The van der Waals surface area contributed by atoms with Gasteiger partial charge in [0.2, 0.25) is 6.41 Å². The van der Waals surface area contributed by atoms with E-state index in [9.17, 15) is 14.4 Å². The molecule has 33 heavy (non-hydrogen) atoms. The monoisotopic (exact) mass is 470 g/mol. The van der Waals surface area contributed by atoms with E-state index in [1.165, 1.54) is 0 Å². The number of ether oxygens (including phenoxy) is 2. The van der Waals surface area contributed by atoms with Crippen LogP contribution in [0.1, 0.15) is 40.4 Å². The Balaban J connectivity index is 1.70. The van der Waals surface area contributed by atoms with Gasteiger partial charge >= 0.3 is 6.03 Å². The molecule has 0 spiro atoms. The molecule has 3 heterocycles. The summed E-state index contributed by atoms with van der Waals surface area (Å²) >= 11 is 6.07. The Hall–Kier alpha value is -3.59. The van der Waals surface area contributed by atoms with E-state index in [0.29, 0.717) is 41.6 Å². The van der Waals surface area contributed by atoms with Gasteiger partial charge in [-0.05, 0) is 41.8 Å². The standard InChI is InChI=1S/C23H23ClN4O5/c1-3-23(27-22(31)26-13-29,19-6-15-7-20(24)25-9-16(15)11-33-19)12-28-10-14-4-5-17(32-2)8-18(14)21(28)30/h4-9,13H,3,10-12H2,1-2H3,(H2,26,27,29,31)/t23-/m0/s1. The van der Waals surface area contributed by atoms with Gasteiger partial charge in [-0.25, -0.2) is 9.78 Å². The molecule has 1 aromatic heterocycles. The number of nitrogens with one attached hydrogen (secondary N) is 2. The molecule has 0 saturated heterocycles. The second kappa shape index (κ2) is 9.11. The number of benzene rings is 1. The fourth-order valence-corrected chi connectivity index (χ4v) is 4.29. The summed E-state index contributed by atoms with van der Waals surface area (Å²) in [4.78, 5) is 42.2. The molecule has 0 saturated carbocycles. The third-order valence-electron chi connectivity index (χ3n) is 5.93. The molecule has 0 bridgehead atoms. The molecule has 172 valence electrons. The molecule has 2 aliphatic heterocycles. The third-order valence-corrected chi connectivity index (χ3v) is 6.14. The fraction of sp³-hybridized carbons (Fsp3) is 0.304. The predicted molar refractivity (Wildman–Crippen MR) is 121 cm³/mol. The van der Waals surface area contributed by atoms with E-state index in [4.69, 9.17) is 21.1 Å². The third kappa shape index (κ3) is 4.36. The zero-order chi connectivity index (χ0) is 23.6. The van der Waals surface area contributed by atoms with Crippen molar-refractivity contribution in [2.24, 2.45) is 0 Å². The van der Waals surface area contributed by atoms with Gasteiger partial charge in [0, 0.05) is 23.9 Å². The van der Waals surface area contributed by atoms with Crippen molar-refractivity contribution >= 4 is 36.0 Å². The van der Waals surface area contributed by atoms with Gasteiger partial charge in [-0.3, -0.25) is 14.9 Å². The zero-order valence-corrected chi connectivity index (χ0v) is 18.9. The molecule has 4 rings (SSSR count). The van der Waals surface area contributed by atoms with E-state index in [-0.39, 0.29) is 19.1 Å². The highest BCUT2D eigenvalue weighted by molar-refractivity contribution is 6.29. The molecule has 1 atom stereocenters. The maximum Gasteiger partial charge on any atom is 0.322 e. The second-order valence-electron chi connectivity index (χ2n) is 7.84. The van der Waals surface area contributed by atoms with Gasteiger partial charge in [0.15, 0.2) is 0 Å². The van der Waals surface area contributed by atoms with E-state index in [2.05, 4.69) is 15.6 Å². The van der Waals surface area contributed by atoms with Crippen LogP contribution < -0.4 is 15.4 Å². The summed E-state index contributed by atoms with van der Waals surface area (Å²) in [5, 5.41) is 5.29. The van der Waals surface area contributed by atoms with Crippen LogP contribution in [0.2, 0.25) is 5.15 Å². The molecular weight excluding hydrogens is 448 g/mol. The smallest absolute Gasteiger partial charge is 0.322 e. The Morgan fingerprint density at radius 2 is 2.18 bits per heavy atom. The van der Waals surface area contributed by atoms with Gasteiger partial charge in [-0.1, -0.05) is 24.6 Å². The summed E-state index contributed by atoms with van der Waals surface area (Å²) in [5.74, 6) is 0.875. The van der Waals surface area contributed by atoms with E-state index in [1.54, 1.807) is 42.5 Å². The average Bonchev–Trinajstić information content (AvgIpc) is 3.12. The highest BCUT2D eigenvalue weighted by atomic mass is 35.5. The van der Waals surface area contributed by atoms with Crippen LogP contribution in [0.25, 0.3) is 6.08 Å². The number of pyridine rings is 1. The lowest BCUT2D eigenvalue weighted by Gasteiger charge is -2.39.